The van der Waals surface area contributed by atoms with E-state index >= 15 is 0 Å². The van der Waals surface area contributed by atoms with Crippen LogP contribution in [0.1, 0.15) is 87.1 Å². The first-order valence-electron chi connectivity index (χ1n) is 15.3. The maximum Gasteiger partial charge on any atom is 0.0123 e. The van der Waals surface area contributed by atoms with E-state index in [4.69, 9.17) is 6.58 Å². The van der Waals surface area contributed by atoms with Gasteiger partial charge in [-0.15, -0.1) is 0 Å². The number of allylic oxidation sites excluding steroid dienone is 11. The van der Waals surface area contributed by atoms with Crippen molar-refractivity contribution < 1.29 is 0 Å². The van der Waals surface area contributed by atoms with Crippen LogP contribution in [0.5, 0.6) is 0 Å². The van der Waals surface area contributed by atoms with Crippen molar-refractivity contribution in [1.82, 2.24) is 0 Å². The van der Waals surface area contributed by atoms with E-state index in [-0.39, 0.29) is 0 Å². The van der Waals surface area contributed by atoms with Crippen LogP contribution >= 0.6 is 0 Å². The Morgan fingerprint density at radius 1 is 1.02 bits per heavy atom. The summed E-state index contributed by atoms with van der Waals surface area (Å²) >= 11 is 0. The minimum absolute atomic E-state index is 0.360. The third-order valence-electron chi connectivity index (χ3n) is 9.53. The zero-order valence-electron chi connectivity index (χ0n) is 25.3. The van der Waals surface area contributed by atoms with Crippen LogP contribution in [-0.2, 0) is 6.42 Å². The minimum Gasteiger partial charge on any atom is -0.0995 e. The highest BCUT2D eigenvalue weighted by Gasteiger charge is 2.45. The van der Waals surface area contributed by atoms with Gasteiger partial charge in [0.1, 0.15) is 0 Å². The van der Waals surface area contributed by atoms with Gasteiger partial charge in [0.25, 0.3) is 0 Å². The van der Waals surface area contributed by atoms with Crippen molar-refractivity contribution in [2.75, 3.05) is 0 Å². The summed E-state index contributed by atoms with van der Waals surface area (Å²) in [5, 5.41) is 0. The minimum atomic E-state index is 0.360. The Morgan fingerprint density at radius 3 is 2.52 bits per heavy atom. The maximum atomic E-state index is 4.78. The molecule has 0 N–H and O–H groups in total. The van der Waals surface area contributed by atoms with E-state index in [0.717, 1.165) is 37.7 Å². The smallest absolute Gasteiger partial charge is 0.0123 e. The molecule has 3 aliphatic rings. The lowest BCUT2D eigenvalue weighted by atomic mass is 9.61. The summed E-state index contributed by atoms with van der Waals surface area (Å²) in [4.78, 5) is 0. The summed E-state index contributed by atoms with van der Waals surface area (Å²) < 4.78 is 0. The van der Waals surface area contributed by atoms with Crippen molar-refractivity contribution in [2.45, 2.75) is 72.6 Å². The van der Waals surface area contributed by atoms with E-state index in [2.05, 4.69) is 115 Å². The first kappa shape index (κ1) is 28.2. The predicted octanol–water partition coefficient (Wildman–Crippen LogP) is 11.1. The van der Waals surface area contributed by atoms with Crippen LogP contribution < -0.4 is 0 Å². The average molecular weight is 527 g/mol. The van der Waals surface area contributed by atoms with E-state index in [1.54, 1.807) is 5.57 Å². The van der Waals surface area contributed by atoms with E-state index in [9.17, 15) is 0 Å². The molecule has 1 saturated carbocycles. The number of aryl methyl sites for hydroxylation is 2. The van der Waals surface area contributed by atoms with Gasteiger partial charge in [0.05, 0.1) is 0 Å². The van der Waals surface area contributed by atoms with Gasteiger partial charge < -0.3 is 0 Å². The SMILES string of the molecule is C=C(C)c1cc(C2=CC=C(/C=C3/CC4=CC(C)C(C(=C)CCC)C(c5ccccc5CC)C4C3=C)C2)ccc1C. The lowest BCUT2D eigenvalue weighted by Crippen LogP contribution is -2.32. The molecule has 0 nitrogen and oxygen atoms in total. The Hall–Kier alpha value is -3.38. The summed E-state index contributed by atoms with van der Waals surface area (Å²) in [7, 11) is 0. The van der Waals surface area contributed by atoms with Crippen LogP contribution in [0.15, 0.2) is 114 Å². The summed E-state index contributed by atoms with van der Waals surface area (Å²) in [5.41, 5.74) is 16.4. The summed E-state index contributed by atoms with van der Waals surface area (Å²) in [6, 6.07) is 15.9. The number of rotatable bonds is 8. The van der Waals surface area contributed by atoms with Gasteiger partial charge in [0.2, 0.25) is 0 Å². The van der Waals surface area contributed by atoms with Gasteiger partial charge in [-0.2, -0.15) is 0 Å². The fourth-order valence-corrected chi connectivity index (χ4v) is 7.61. The summed E-state index contributed by atoms with van der Waals surface area (Å²) in [6.45, 7) is 24.9. The van der Waals surface area contributed by atoms with Crippen molar-refractivity contribution in [3.8, 4) is 0 Å². The van der Waals surface area contributed by atoms with Crippen LogP contribution in [0.3, 0.4) is 0 Å². The third-order valence-corrected chi connectivity index (χ3v) is 9.53. The van der Waals surface area contributed by atoms with E-state index < -0.39 is 0 Å². The van der Waals surface area contributed by atoms with Crippen LogP contribution in [0.4, 0.5) is 0 Å². The van der Waals surface area contributed by atoms with Gasteiger partial charge in [0, 0.05) is 11.8 Å². The molecule has 0 spiro atoms. The van der Waals surface area contributed by atoms with E-state index in [1.807, 2.05) is 0 Å². The first-order valence-corrected chi connectivity index (χ1v) is 15.3. The molecule has 4 atom stereocenters. The van der Waals surface area contributed by atoms with Gasteiger partial charge in [-0.25, -0.2) is 0 Å². The van der Waals surface area contributed by atoms with Crippen molar-refractivity contribution in [2.24, 2.45) is 17.8 Å². The molecule has 4 unspecified atom stereocenters. The van der Waals surface area contributed by atoms with E-state index in [1.165, 1.54) is 55.7 Å². The summed E-state index contributed by atoms with van der Waals surface area (Å²) in [5.74, 6) is 1.69. The number of benzene rings is 2. The topological polar surface area (TPSA) is 0 Å². The molecular formula is C40H46. The molecule has 0 heteroatoms. The van der Waals surface area contributed by atoms with Gasteiger partial charge >= 0.3 is 0 Å². The molecule has 1 fully saturated rings. The Labute approximate surface area is 243 Å². The molecular weight excluding hydrogens is 480 g/mol. The second-order valence-corrected chi connectivity index (χ2v) is 12.4. The molecule has 0 radical (unpaired) electrons. The fourth-order valence-electron chi connectivity index (χ4n) is 7.61. The Kier molecular flexibility index (Phi) is 8.18. The average Bonchev–Trinajstić information content (AvgIpc) is 3.52. The van der Waals surface area contributed by atoms with Crippen molar-refractivity contribution in [3.05, 3.63) is 142 Å². The molecule has 2 aromatic carbocycles. The van der Waals surface area contributed by atoms with E-state index in [0.29, 0.717) is 23.7 Å². The van der Waals surface area contributed by atoms with Gasteiger partial charge in [0.15, 0.2) is 0 Å². The van der Waals surface area contributed by atoms with Crippen molar-refractivity contribution in [3.63, 3.8) is 0 Å². The molecule has 206 valence electrons. The normalized spacial score (nSPS) is 25.0. The molecule has 0 amide bonds. The zero-order valence-corrected chi connectivity index (χ0v) is 25.3. The quantitative estimate of drug-likeness (QED) is 0.300. The monoisotopic (exact) mass is 526 g/mol. The third kappa shape index (κ3) is 5.22. The Bertz CT molecular complexity index is 1480. The lowest BCUT2D eigenvalue weighted by molar-refractivity contribution is 0.321. The van der Waals surface area contributed by atoms with Crippen LogP contribution in [0.25, 0.3) is 11.1 Å². The fraction of sp³-hybridized carbons (Fsp3) is 0.350. The highest BCUT2D eigenvalue weighted by atomic mass is 14.5. The molecule has 0 saturated heterocycles. The highest BCUT2D eigenvalue weighted by molar-refractivity contribution is 5.77. The largest absolute Gasteiger partial charge is 0.0995 e. The first-order chi connectivity index (χ1) is 19.2. The molecule has 2 aromatic rings. The Morgan fingerprint density at radius 2 is 1.80 bits per heavy atom. The second-order valence-electron chi connectivity index (χ2n) is 12.4. The molecule has 0 bridgehead atoms. The molecule has 0 heterocycles. The van der Waals surface area contributed by atoms with Crippen molar-refractivity contribution in [1.29, 1.82) is 0 Å². The van der Waals surface area contributed by atoms with Crippen LogP contribution in [0.2, 0.25) is 0 Å². The van der Waals surface area contributed by atoms with Crippen molar-refractivity contribution >= 4 is 11.1 Å². The van der Waals surface area contributed by atoms with Crippen LogP contribution in [-0.4, -0.2) is 0 Å². The van der Waals surface area contributed by atoms with Crippen LogP contribution in [0, 0.1) is 24.7 Å². The molecule has 5 rings (SSSR count). The van der Waals surface area contributed by atoms with Gasteiger partial charge in [-0.3, -0.25) is 0 Å². The second kappa shape index (κ2) is 11.6. The summed E-state index contributed by atoms with van der Waals surface area (Å²) in [6.07, 6.45) is 14.9. The number of hydrogen-bond donors (Lipinski definition) is 0. The predicted molar refractivity (Wildman–Crippen MR) is 175 cm³/mol. The molecule has 0 aliphatic heterocycles. The zero-order chi connectivity index (χ0) is 28.6. The standard InChI is InChI=1S/C40H46/c1-9-13-27(6)38-28(7)20-35-23-34(29(8)39(35)40(38)36-15-12-11-14-31(36)10-2)22-30-17-19-32(21-30)33-18-16-26(5)37(24-33)25(3)4/h11-12,14-20,22,24,28,38-40H,3,6,8-10,13,21,23H2,1-2,4-5,7H3/b34-22-. The lowest BCUT2D eigenvalue weighted by Gasteiger charge is -2.42. The van der Waals surface area contributed by atoms with Gasteiger partial charge in [-0.05, 0) is 108 Å². The highest BCUT2D eigenvalue weighted by Crippen LogP contribution is 2.57. The molecule has 0 aromatic heterocycles. The Balaban J connectivity index is 1.45. The number of hydrogen-bond acceptors (Lipinski definition) is 0. The number of fused-ring (bicyclic) bond motifs is 1. The molecule has 3 aliphatic carbocycles. The maximum absolute atomic E-state index is 4.78. The van der Waals surface area contributed by atoms with Gasteiger partial charge in [-0.1, -0.05) is 124 Å². The molecule has 40 heavy (non-hydrogen) atoms.